The Labute approximate surface area is 171 Å². The molecule has 1 aliphatic carbocycles. The lowest BCUT2D eigenvalue weighted by atomic mass is 10.1. The topological polar surface area (TPSA) is 69.7 Å². The molecule has 2 aliphatic rings. The highest BCUT2D eigenvalue weighted by Crippen LogP contribution is 2.19. The first-order valence-corrected chi connectivity index (χ1v) is 10.6. The molecule has 6 nitrogen and oxygen atoms in total. The summed E-state index contributed by atoms with van der Waals surface area (Å²) in [4.78, 5) is 41.1. The smallest absolute Gasteiger partial charge is 0.312 e. The molecule has 7 heteroatoms. The van der Waals surface area contributed by atoms with Gasteiger partial charge in [-0.1, -0.05) is 44.7 Å². The molecular formula is C22H30FN3O3. The highest BCUT2D eigenvalue weighted by atomic mass is 19.1. The summed E-state index contributed by atoms with van der Waals surface area (Å²) in [5.74, 6) is -1.75. The second-order valence-corrected chi connectivity index (χ2v) is 7.97. The van der Waals surface area contributed by atoms with Crippen molar-refractivity contribution in [2.24, 2.45) is 0 Å². The standard InChI is InChI=1S/C22H30FN3O3/c1-2-19(20(27)24-18-7-5-3-4-6-8-18)26-14-13-25(21(28)22(26)29)15-16-9-11-17(23)12-10-16/h9-12,18-19H,2-8,13-15H2,1H3,(H,24,27)/t19-/m1/s1. The first-order chi connectivity index (χ1) is 14.0. The third kappa shape index (κ3) is 5.34. The van der Waals surface area contributed by atoms with Gasteiger partial charge in [-0.25, -0.2) is 4.39 Å². The highest BCUT2D eigenvalue weighted by molar-refractivity contribution is 6.35. The van der Waals surface area contributed by atoms with E-state index < -0.39 is 17.9 Å². The van der Waals surface area contributed by atoms with E-state index in [0.717, 1.165) is 31.2 Å². The van der Waals surface area contributed by atoms with E-state index in [1.54, 1.807) is 12.1 Å². The van der Waals surface area contributed by atoms with Crippen LogP contribution >= 0.6 is 0 Å². The molecule has 1 aromatic rings. The van der Waals surface area contributed by atoms with Gasteiger partial charge in [0.1, 0.15) is 11.9 Å². The number of hydrogen-bond donors (Lipinski definition) is 1. The predicted molar refractivity (Wildman–Crippen MR) is 107 cm³/mol. The minimum atomic E-state index is -0.638. The summed E-state index contributed by atoms with van der Waals surface area (Å²) >= 11 is 0. The SMILES string of the molecule is CC[C@H](C(=O)NC1CCCCCC1)N1CCN(Cc2ccc(F)cc2)C(=O)C1=O. The number of benzene rings is 1. The van der Waals surface area contributed by atoms with Crippen LogP contribution in [0.2, 0.25) is 0 Å². The third-order valence-corrected chi connectivity index (χ3v) is 5.90. The molecule has 3 amide bonds. The average Bonchev–Trinajstić information content (AvgIpc) is 2.98. The molecule has 1 atom stereocenters. The fraction of sp³-hybridized carbons (Fsp3) is 0.591. The van der Waals surface area contributed by atoms with Gasteiger partial charge < -0.3 is 15.1 Å². The van der Waals surface area contributed by atoms with Crippen LogP contribution in [-0.4, -0.2) is 52.7 Å². The van der Waals surface area contributed by atoms with Crippen molar-refractivity contribution in [3.8, 4) is 0 Å². The monoisotopic (exact) mass is 403 g/mol. The number of hydrogen-bond acceptors (Lipinski definition) is 3. The van der Waals surface area contributed by atoms with Gasteiger partial charge in [-0.05, 0) is 37.0 Å². The van der Waals surface area contributed by atoms with Crippen LogP contribution in [0.5, 0.6) is 0 Å². The van der Waals surface area contributed by atoms with E-state index in [1.807, 2.05) is 6.92 Å². The van der Waals surface area contributed by atoms with Crippen molar-refractivity contribution in [2.45, 2.75) is 70.5 Å². The van der Waals surface area contributed by atoms with E-state index in [4.69, 9.17) is 0 Å². The summed E-state index contributed by atoms with van der Waals surface area (Å²) in [7, 11) is 0. The lowest BCUT2D eigenvalue weighted by Crippen LogP contribution is -2.60. The molecule has 1 aliphatic heterocycles. The van der Waals surface area contributed by atoms with Gasteiger partial charge in [0, 0.05) is 25.7 Å². The molecule has 1 heterocycles. The summed E-state index contributed by atoms with van der Waals surface area (Å²) in [5.41, 5.74) is 0.763. The minimum absolute atomic E-state index is 0.157. The molecular weight excluding hydrogens is 373 g/mol. The van der Waals surface area contributed by atoms with Gasteiger partial charge in [0.05, 0.1) is 0 Å². The van der Waals surface area contributed by atoms with Crippen LogP contribution in [0.15, 0.2) is 24.3 Å². The summed E-state index contributed by atoms with van der Waals surface area (Å²) in [6, 6.07) is 5.42. The van der Waals surface area contributed by atoms with Crippen molar-refractivity contribution in [3.63, 3.8) is 0 Å². The Morgan fingerprint density at radius 3 is 2.34 bits per heavy atom. The van der Waals surface area contributed by atoms with Crippen molar-refractivity contribution in [3.05, 3.63) is 35.6 Å². The van der Waals surface area contributed by atoms with Gasteiger partial charge in [0.15, 0.2) is 0 Å². The molecule has 158 valence electrons. The molecule has 0 aromatic heterocycles. The minimum Gasteiger partial charge on any atom is -0.352 e. The Bertz CT molecular complexity index is 729. The molecule has 29 heavy (non-hydrogen) atoms. The van der Waals surface area contributed by atoms with Crippen LogP contribution in [0.3, 0.4) is 0 Å². The van der Waals surface area contributed by atoms with Gasteiger partial charge in [0.2, 0.25) is 5.91 Å². The predicted octanol–water partition coefficient (Wildman–Crippen LogP) is 2.61. The molecule has 1 aromatic carbocycles. The number of halogens is 1. The fourth-order valence-electron chi connectivity index (χ4n) is 4.22. The molecule has 3 rings (SSSR count). The zero-order valence-electron chi connectivity index (χ0n) is 17.0. The molecule has 0 spiro atoms. The molecule has 0 radical (unpaired) electrons. The van der Waals surface area contributed by atoms with Gasteiger partial charge in [0.25, 0.3) is 0 Å². The number of nitrogens with one attached hydrogen (secondary N) is 1. The number of rotatable bonds is 6. The zero-order valence-corrected chi connectivity index (χ0v) is 17.0. The lowest BCUT2D eigenvalue weighted by molar-refractivity contribution is -0.160. The highest BCUT2D eigenvalue weighted by Gasteiger charge is 2.38. The molecule has 1 saturated heterocycles. The summed E-state index contributed by atoms with van der Waals surface area (Å²) < 4.78 is 13.1. The number of amides is 3. The number of carbonyl (C=O) groups excluding carboxylic acids is 3. The Balaban J connectivity index is 1.61. The Hall–Kier alpha value is -2.44. The van der Waals surface area contributed by atoms with Gasteiger partial charge in [-0.15, -0.1) is 0 Å². The Kier molecular flexibility index (Phi) is 7.23. The van der Waals surface area contributed by atoms with Crippen molar-refractivity contribution < 1.29 is 18.8 Å². The second-order valence-electron chi connectivity index (χ2n) is 7.97. The fourth-order valence-corrected chi connectivity index (χ4v) is 4.22. The summed E-state index contributed by atoms with van der Waals surface area (Å²) in [6.07, 6.45) is 7.04. The quantitative estimate of drug-likeness (QED) is 0.586. The number of carbonyl (C=O) groups is 3. The average molecular weight is 403 g/mol. The Morgan fingerprint density at radius 2 is 1.72 bits per heavy atom. The van der Waals surface area contributed by atoms with Crippen LogP contribution in [-0.2, 0) is 20.9 Å². The Morgan fingerprint density at radius 1 is 1.07 bits per heavy atom. The summed E-state index contributed by atoms with van der Waals surface area (Å²) in [5, 5.41) is 3.11. The maximum absolute atomic E-state index is 13.1. The number of nitrogens with zero attached hydrogens (tertiary/aromatic N) is 2. The normalized spacial score (nSPS) is 19.8. The van der Waals surface area contributed by atoms with E-state index in [1.165, 1.54) is 34.8 Å². The van der Waals surface area contributed by atoms with Crippen molar-refractivity contribution in [1.29, 1.82) is 0 Å². The van der Waals surface area contributed by atoms with Crippen LogP contribution in [0, 0.1) is 5.82 Å². The van der Waals surface area contributed by atoms with Crippen LogP contribution < -0.4 is 5.32 Å². The molecule has 1 N–H and O–H groups in total. The van der Waals surface area contributed by atoms with Gasteiger partial charge in [-0.3, -0.25) is 14.4 Å². The first kappa shape index (κ1) is 21.3. The van der Waals surface area contributed by atoms with E-state index in [9.17, 15) is 18.8 Å². The second kappa shape index (κ2) is 9.85. The van der Waals surface area contributed by atoms with Crippen molar-refractivity contribution in [2.75, 3.05) is 13.1 Å². The van der Waals surface area contributed by atoms with Crippen LogP contribution in [0.25, 0.3) is 0 Å². The molecule has 2 fully saturated rings. The largest absolute Gasteiger partial charge is 0.352 e. The van der Waals surface area contributed by atoms with Crippen LogP contribution in [0.4, 0.5) is 4.39 Å². The van der Waals surface area contributed by atoms with E-state index in [2.05, 4.69) is 5.32 Å². The summed E-state index contributed by atoms with van der Waals surface area (Å²) in [6.45, 7) is 2.79. The maximum Gasteiger partial charge on any atom is 0.312 e. The molecule has 0 bridgehead atoms. The molecule has 0 unspecified atom stereocenters. The van der Waals surface area contributed by atoms with Gasteiger partial charge >= 0.3 is 11.8 Å². The molecule has 1 saturated carbocycles. The zero-order chi connectivity index (χ0) is 20.8. The lowest BCUT2D eigenvalue weighted by Gasteiger charge is -2.38. The third-order valence-electron chi connectivity index (χ3n) is 5.90. The van der Waals surface area contributed by atoms with Crippen LogP contribution in [0.1, 0.15) is 57.4 Å². The van der Waals surface area contributed by atoms with E-state index in [0.29, 0.717) is 19.5 Å². The van der Waals surface area contributed by atoms with Crippen molar-refractivity contribution in [1.82, 2.24) is 15.1 Å². The maximum atomic E-state index is 13.1. The van der Waals surface area contributed by atoms with Gasteiger partial charge in [-0.2, -0.15) is 0 Å². The number of piperazine rings is 1. The van der Waals surface area contributed by atoms with Crippen molar-refractivity contribution >= 4 is 17.7 Å². The van der Waals surface area contributed by atoms with E-state index in [-0.39, 0.29) is 24.3 Å². The first-order valence-electron chi connectivity index (χ1n) is 10.6. The van der Waals surface area contributed by atoms with E-state index >= 15 is 0 Å².